The minimum atomic E-state index is -0.409. The van der Waals surface area contributed by atoms with Gasteiger partial charge in [0.2, 0.25) is 5.82 Å². The fraction of sp³-hybridized carbons (Fsp3) is 0.0667. The zero-order valence-electron chi connectivity index (χ0n) is 11.1. The number of rotatable bonds is 4. The highest BCUT2D eigenvalue weighted by molar-refractivity contribution is 5.89. The Morgan fingerprint density at radius 1 is 1.10 bits per heavy atom. The third-order valence-corrected chi connectivity index (χ3v) is 2.81. The lowest BCUT2D eigenvalue weighted by Gasteiger charge is -2.01. The lowest BCUT2D eigenvalue weighted by Crippen LogP contribution is -2.23. The fourth-order valence-electron chi connectivity index (χ4n) is 1.77. The quantitative estimate of drug-likeness (QED) is 0.791. The summed E-state index contributed by atoms with van der Waals surface area (Å²) in [5.74, 6) is -0.194. The van der Waals surface area contributed by atoms with Gasteiger partial charge in [0.05, 0.1) is 0 Å². The van der Waals surface area contributed by atoms with Gasteiger partial charge in [-0.2, -0.15) is 4.98 Å². The zero-order chi connectivity index (χ0) is 14.5. The molecule has 0 atom stereocenters. The largest absolute Gasteiger partial charge is 0.344 e. The van der Waals surface area contributed by atoms with Crippen LogP contribution < -0.4 is 5.32 Å². The summed E-state index contributed by atoms with van der Waals surface area (Å²) < 4.78 is 4.96. The highest BCUT2D eigenvalue weighted by atomic mass is 16.5. The van der Waals surface area contributed by atoms with Gasteiger partial charge in [0.25, 0.3) is 0 Å². The Morgan fingerprint density at radius 2 is 1.90 bits per heavy atom. The summed E-state index contributed by atoms with van der Waals surface area (Å²) in [7, 11) is 0. The number of nitrogens with one attached hydrogen (secondary N) is 1. The standard InChI is InChI=1S/C15H12N4O2/c20-14(17-10-11-6-2-1-3-7-11)15-18-13(19-21-15)12-8-4-5-9-16-12/h1-9H,10H2,(H,17,20). The molecule has 0 aliphatic rings. The number of hydrogen-bond donors (Lipinski definition) is 1. The van der Waals surface area contributed by atoms with Gasteiger partial charge in [-0.3, -0.25) is 9.78 Å². The van der Waals surface area contributed by atoms with Crippen molar-refractivity contribution in [3.8, 4) is 11.5 Å². The Morgan fingerprint density at radius 3 is 2.67 bits per heavy atom. The van der Waals surface area contributed by atoms with E-state index < -0.39 is 5.91 Å². The number of hydrogen-bond acceptors (Lipinski definition) is 5. The Labute approximate surface area is 120 Å². The Hall–Kier alpha value is -3.02. The average molecular weight is 280 g/mol. The van der Waals surface area contributed by atoms with Crippen molar-refractivity contribution in [1.29, 1.82) is 0 Å². The van der Waals surface area contributed by atoms with Gasteiger partial charge in [0.15, 0.2) is 0 Å². The molecule has 0 spiro atoms. The Kier molecular flexibility index (Phi) is 3.68. The van der Waals surface area contributed by atoms with E-state index in [0.29, 0.717) is 18.1 Å². The number of carbonyl (C=O) groups excluding carboxylic acids is 1. The van der Waals surface area contributed by atoms with Crippen molar-refractivity contribution >= 4 is 5.91 Å². The molecule has 0 saturated carbocycles. The van der Waals surface area contributed by atoms with Crippen LogP contribution in [0.2, 0.25) is 0 Å². The normalized spacial score (nSPS) is 10.3. The molecule has 1 N–H and O–H groups in total. The van der Waals surface area contributed by atoms with Gasteiger partial charge in [-0.05, 0) is 17.7 Å². The van der Waals surface area contributed by atoms with Crippen molar-refractivity contribution < 1.29 is 9.32 Å². The number of nitrogens with zero attached hydrogens (tertiary/aromatic N) is 3. The molecule has 6 nitrogen and oxygen atoms in total. The molecule has 0 fully saturated rings. The van der Waals surface area contributed by atoms with Crippen molar-refractivity contribution in [1.82, 2.24) is 20.4 Å². The summed E-state index contributed by atoms with van der Waals surface area (Å²) in [5.41, 5.74) is 1.55. The van der Waals surface area contributed by atoms with Gasteiger partial charge in [-0.25, -0.2) is 0 Å². The third kappa shape index (κ3) is 3.11. The Balaban J connectivity index is 1.67. The highest BCUT2D eigenvalue weighted by Gasteiger charge is 2.16. The SMILES string of the molecule is O=C(NCc1ccccc1)c1nc(-c2ccccn2)no1. The lowest BCUT2D eigenvalue weighted by atomic mass is 10.2. The van der Waals surface area contributed by atoms with Gasteiger partial charge >= 0.3 is 11.8 Å². The van der Waals surface area contributed by atoms with E-state index in [9.17, 15) is 4.79 Å². The molecule has 0 unspecified atom stereocenters. The number of aromatic nitrogens is 3. The summed E-state index contributed by atoms with van der Waals surface area (Å²) in [6, 6.07) is 14.9. The van der Waals surface area contributed by atoms with E-state index in [1.807, 2.05) is 36.4 Å². The molecular weight excluding hydrogens is 268 g/mol. The summed E-state index contributed by atoms with van der Waals surface area (Å²) in [6.45, 7) is 0.404. The molecule has 0 saturated heterocycles. The molecule has 3 aromatic rings. The third-order valence-electron chi connectivity index (χ3n) is 2.81. The second-order valence-corrected chi connectivity index (χ2v) is 4.31. The van der Waals surface area contributed by atoms with Crippen LogP contribution in [0.1, 0.15) is 16.2 Å². The molecular formula is C15H12N4O2. The second-order valence-electron chi connectivity index (χ2n) is 4.31. The van der Waals surface area contributed by atoms with E-state index in [1.54, 1.807) is 18.3 Å². The minimum Gasteiger partial charge on any atom is -0.344 e. The first kappa shape index (κ1) is 13.0. The Bertz CT molecular complexity index is 726. The van der Waals surface area contributed by atoms with Crippen molar-refractivity contribution in [3.63, 3.8) is 0 Å². The van der Waals surface area contributed by atoms with Crippen LogP contribution in [-0.2, 0) is 6.54 Å². The topological polar surface area (TPSA) is 80.9 Å². The first-order valence-electron chi connectivity index (χ1n) is 6.40. The predicted octanol–water partition coefficient (Wildman–Crippen LogP) is 2.06. The van der Waals surface area contributed by atoms with Crippen molar-refractivity contribution in [3.05, 3.63) is 66.2 Å². The van der Waals surface area contributed by atoms with Crippen LogP contribution >= 0.6 is 0 Å². The summed E-state index contributed by atoms with van der Waals surface area (Å²) in [6.07, 6.45) is 1.63. The molecule has 6 heteroatoms. The lowest BCUT2D eigenvalue weighted by molar-refractivity contribution is 0.0907. The van der Waals surface area contributed by atoms with E-state index in [0.717, 1.165) is 5.56 Å². The van der Waals surface area contributed by atoms with Crippen LogP contribution in [-0.4, -0.2) is 21.0 Å². The summed E-state index contributed by atoms with van der Waals surface area (Å²) in [4.78, 5) is 20.1. The molecule has 0 radical (unpaired) electrons. The molecule has 2 heterocycles. The molecule has 0 bridgehead atoms. The van der Waals surface area contributed by atoms with E-state index >= 15 is 0 Å². The van der Waals surface area contributed by atoms with Crippen LogP contribution in [0, 0.1) is 0 Å². The summed E-state index contributed by atoms with van der Waals surface area (Å²) in [5, 5.41) is 6.48. The van der Waals surface area contributed by atoms with E-state index in [4.69, 9.17) is 4.52 Å². The van der Waals surface area contributed by atoms with Crippen LogP contribution in [0.4, 0.5) is 0 Å². The molecule has 21 heavy (non-hydrogen) atoms. The van der Waals surface area contributed by atoms with Crippen molar-refractivity contribution in [2.45, 2.75) is 6.54 Å². The van der Waals surface area contributed by atoms with Gasteiger partial charge < -0.3 is 9.84 Å². The van der Waals surface area contributed by atoms with Gasteiger partial charge in [-0.1, -0.05) is 41.6 Å². The number of pyridine rings is 1. The van der Waals surface area contributed by atoms with Gasteiger partial charge in [0.1, 0.15) is 5.69 Å². The maximum atomic E-state index is 11.9. The van der Waals surface area contributed by atoms with Crippen LogP contribution in [0.15, 0.2) is 59.3 Å². The van der Waals surface area contributed by atoms with Crippen molar-refractivity contribution in [2.24, 2.45) is 0 Å². The predicted molar refractivity (Wildman–Crippen MR) is 75.1 cm³/mol. The minimum absolute atomic E-state index is 0.0772. The second kappa shape index (κ2) is 5.96. The molecule has 0 aliphatic heterocycles. The van der Waals surface area contributed by atoms with E-state index in [2.05, 4.69) is 20.4 Å². The molecule has 0 aliphatic carbocycles. The number of benzene rings is 1. The summed E-state index contributed by atoms with van der Waals surface area (Å²) >= 11 is 0. The fourth-order valence-corrected chi connectivity index (χ4v) is 1.77. The zero-order valence-corrected chi connectivity index (χ0v) is 11.1. The smallest absolute Gasteiger partial charge is 0.316 e. The monoisotopic (exact) mass is 280 g/mol. The van der Waals surface area contributed by atoms with E-state index in [1.165, 1.54) is 0 Å². The van der Waals surface area contributed by atoms with Gasteiger partial charge in [0, 0.05) is 12.7 Å². The van der Waals surface area contributed by atoms with Crippen molar-refractivity contribution in [2.75, 3.05) is 0 Å². The highest BCUT2D eigenvalue weighted by Crippen LogP contribution is 2.11. The van der Waals surface area contributed by atoms with E-state index in [-0.39, 0.29) is 5.89 Å². The average Bonchev–Trinajstić information content (AvgIpc) is 3.04. The van der Waals surface area contributed by atoms with Crippen LogP contribution in [0.5, 0.6) is 0 Å². The number of carbonyl (C=O) groups is 1. The van der Waals surface area contributed by atoms with Crippen LogP contribution in [0.25, 0.3) is 11.5 Å². The van der Waals surface area contributed by atoms with Gasteiger partial charge in [-0.15, -0.1) is 0 Å². The molecule has 3 rings (SSSR count). The molecule has 2 aromatic heterocycles. The number of amides is 1. The first-order valence-corrected chi connectivity index (χ1v) is 6.40. The molecule has 104 valence electrons. The van der Waals surface area contributed by atoms with Crippen LogP contribution in [0.3, 0.4) is 0 Å². The first-order chi connectivity index (χ1) is 10.3. The maximum Gasteiger partial charge on any atom is 0.316 e. The molecule has 1 aromatic carbocycles. The maximum absolute atomic E-state index is 11.9. The molecule has 1 amide bonds.